The van der Waals surface area contributed by atoms with Crippen molar-refractivity contribution in [3.63, 3.8) is 0 Å². The van der Waals surface area contributed by atoms with Crippen LogP contribution in [0.15, 0.2) is 0 Å². The molecule has 0 N–H and O–H groups in total. The van der Waals surface area contributed by atoms with Gasteiger partial charge in [-0.1, -0.05) is 39.0 Å². The molecule has 0 spiro atoms. The minimum absolute atomic E-state index is 1.04. The third-order valence-electron chi connectivity index (χ3n) is 3.80. The van der Waals surface area contributed by atoms with Crippen LogP contribution in [0.2, 0.25) is 0 Å². The average Bonchev–Trinajstić information content (AvgIpc) is 2.04. The van der Waals surface area contributed by atoms with Gasteiger partial charge in [-0.05, 0) is 30.6 Å². The van der Waals surface area contributed by atoms with Gasteiger partial charge in [-0.25, -0.2) is 0 Å². The Labute approximate surface area is 70.4 Å². The van der Waals surface area contributed by atoms with Crippen molar-refractivity contribution in [3.05, 3.63) is 0 Å². The first kappa shape index (κ1) is 7.64. The second-order valence-corrected chi connectivity index (χ2v) is 4.72. The summed E-state index contributed by atoms with van der Waals surface area (Å²) in [5.41, 5.74) is 0. The fraction of sp³-hybridized carbons (Fsp3) is 1.00. The zero-order chi connectivity index (χ0) is 7.68. The van der Waals surface area contributed by atoms with Crippen LogP contribution in [-0.4, -0.2) is 0 Å². The predicted octanol–water partition coefficient (Wildman–Crippen LogP) is 3.61. The molecule has 2 fully saturated rings. The van der Waals surface area contributed by atoms with Crippen LogP contribution in [0.25, 0.3) is 0 Å². The summed E-state index contributed by atoms with van der Waals surface area (Å²) in [6, 6.07) is 0. The molecule has 0 unspecified atom stereocenters. The SMILES string of the molecule is C[C@H]1CC[C@H]2CCCC[C@H]2C1. The number of fused-ring (bicyclic) bond motifs is 1. The highest BCUT2D eigenvalue weighted by atomic mass is 14.4. The largest absolute Gasteiger partial charge is 0.0625 e. The van der Waals surface area contributed by atoms with Crippen molar-refractivity contribution in [2.24, 2.45) is 17.8 Å². The summed E-state index contributed by atoms with van der Waals surface area (Å²) in [5, 5.41) is 0. The van der Waals surface area contributed by atoms with Gasteiger partial charge in [0, 0.05) is 0 Å². The molecule has 0 radical (unpaired) electrons. The minimum atomic E-state index is 1.04. The normalized spacial score (nSPS) is 45.0. The summed E-state index contributed by atoms with van der Waals surface area (Å²) in [6.45, 7) is 2.44. The lowest BCUT2D eigenvalue weighted by atomic mass is 9.68. The van der Waals surface area contributed by atoms with Gasteiger partial charge < -0.3 is 0 Å². The zero-order valence-electron chi connectivity index (χ0n) is 7.68. The van der Waals surface area contributed by atoms with E-state index in [2.05, 4.69) is 6.92 Å². The van der Waals surface area contributed by atoms with Gasteiger partial charge >= 0.3 is 0 Å². The summed E-state index contributed by atoms with van der Waals surface area (Å²) < 4.78 is 0. The van der Waals surface area contributed by atoms with E-state index in [-0.39, 0.29) is 0 Å². The lowest BCUT2D eigenvalue weighted by Gasteiger charge is -2.38. The molecule has 2 saturated carbocycles. The molecule has 0 aliphatic heterocycles. The second kappa shape index (κ2) is 3.16. The van der Waals surface area contributed by atoms with Gasteiger partial charge in [-0.15, -0.1) is 0 Å². The van der Waals surface area contributed by atoms with E-state index in [4.69, 9.17) is 0 Å². The first-order valence-corrected chi connectivity index (χ1v) is 5.36. The Bertz CT molecular complexity index is 128. The molecular formula is C11H20. The zero-order valence-corrected chi connectivity index (χ0v) is 7.68. The highest BCUT2D eigenvalue weighted by Crippen LogP contribution is 2.42. The van der Waals surface area contributed by atoms with Crippen LogP contribution in [-0.2, 0) is 0 Å². The maximum absolute atomic E-state index is 2.44. The van der Waals surface area contributed by atoms with E-state index in [1.807, 2.05) is 0 Å². The Kier molecular flexibility index (Phi) is 2.20. The summed E-state index contributed by atoms with van der Waals surface area (Å²) >= 11 is 0. The highest BCUT2D eigenvalue weighted by Gasteiger charge is 2.29. The van der Waals surface area contributed by atoms with Crippen LogP contribution in [0.1, 0.15) is 51.9 Å². The topological polar surface area (TPSA) is 0 Å². The van der Waals surface area contributed by atoms with Crippen molar-refractivity contribution in [2.45, 2.75) is 51.9 Å². The van der Waals surface area contributed by atoms with Crippen LogP contribution in [0.5, 0.6) is 0 Å². The Hall–Kier alpha value is 0. The molecule has 0 nitrogen and oxygen atoms in total. The third-order valence-corrected chi connectivity index (χ3v) is 3.80. The van der Waals surface area contributed by atoms with Gasteiger partial charge in [0.1, 0.15) is 0 Å². The van der Waals surface area contributed by atoms with Crippen molar-refractivity contribution in [2.75, 3.05) is 0 Å². The molecule has 0 saturated heterocycles. The van der Waals surface area contributed by atoms with Gasteiger partial charge in [-0.3, -0.25) is 0 Å². The summed E-state index contributed by atoms with van der Waals surface area (Å²) in [6.07, 6.45) is 10.8. The molecule has 2 rings (SSSR count). The van der Waals surface area contributed by atoms with Crippen molar-refractivity contribution >= 4 is 0 Å². The minimum Gasteiger partial charge on any atom is -0.0625 e. The lowest BCUT2D eigenvalue weighted by molar-refractivity contribution is 0.137. The molecule has 0 amide bonds. The lowest BCUT2D eigenvalue weighted by Crippen LogP contribution is -2.26. The fourth-order valence-corrected chi connectivity index (χ4v) is 3.11. The van der Waals surface area contributed by atoms with Crippen molar-refractivity contribution in [1.29, 1.82) is 0 Å². The first-order chi connectivity index (χ1) is 5.36. The highest BCUT2D eigenvalue weighted by molar-refractivity contribution is 4.81. The summed E-state index contributed by atoms with van der Waals surface area (Å²) in [5.74, 6) is 3.31. The van der Waals surface area contributed by atoms with Crippen LogP contribution in [0.3, 0.4) is 0 Å². The molecule has 0 heterocycles. The smallest absolute Gasteiger partial charge is 0.0383 e. The monoisotopic (exact) mass is 152 g/mol. The Balaban J connectivity index is 1.93. The predicted molar refractivity (Wildman–Crippen MR) is 48.5 cm³/mol. The van der Waals surface area contributed by atoms with E-state index in [9.17, 15) is 0 Å². The van der Waals surface area contributed by atoms with Gasteiger partial charge in [0.15, 0.2) is 0 Å². The van der Waals surface area contributed by atoms with E-state index in [1.54, 1.807) is 25.7 Å². The maximum atomic E-state index is 2.44. The molecule has 3 atom stereocenters. The van der Waals surface area contributed by atoms with Crippen LogP contribution in [0, 0.1) is 17.8 Å². The van der Waals surface area contributed by atoms with Crippen molar-refractivity contribution < 1.29 is 0 Å². The van der Waals surface area contributed by atoms with E-state index < -0.39 is 0 Å². The molecule has 0 heteroatoms. The molecule has 0 aromatic rings. The maximum Gasteiger partial charge on any atom is -0.0383 e. The van der Waals surface area contributed by atoms with E-state index in [0.29, 0.717) is 0 Å². The molecule has 2 aliphatic carbocycles. The molecular weight excluding hydrogens is 132 g/mol. The van der Waals surface area contributed by atoms with Crippen molar-refractivity contribution in [3.8, 4) is 0 Å². The van der Waals surface area contributed by atoms with Gasteiger partial charge in [0.25, 0.3) is 0 Å². The number of rotatable bonds is 0. The van der Waals surface area contributed by atoms with Crippen molar-refractivity contribution in [1.82, 2.24) is 0 Å². The van der Waals surface area contributed by atoms with Crippen LogP contribution >= 0.6 is 0 Å². The third kappa shape index (κ3) is 1.60. The molecule has 64 valence electrons. The number of hydrogen-bond donors (Lipinski definition) is 0. The van der Waals surface area contributed by atoms with Crippen LogP contribution < -0.4 is 0 Å². The molecule has 0 aromatic heterocycles. The van der Waals surface area contributed by atoms with Gasteiger partial charge in [0.2, 0.25) is 0 Å². The summed E-state index contributed by atoms with van der Waals surface area (Å²) in [7, 11) is 0. The van der Waals surface area contributed by atoms with E-state index in [1.165, 1.54) is 19.3 Å². The van der Waals surface area contributed by atoms with E-state index in [0.717, 1.165) is 17.8 Å². The van der Waals surface area contributed by atoms with Crippen LogP contribution in [0.4, 0.5) is 0 Å². The fourth-order valence-electron chi connectivity index (χ4n) is 3.11. The Morgan fingerprint density at radius 2 is 1.55 bits per heavy atom. The quantitative estimate of drug-likeness (QED) is 0.497. The molecule has 2 aliphatic rings. The second-order valence-electron chi connectivity index (χ2n) is 4.72. The molecule has 0 bridgehead atoms. The summed E-state index contributed by atoms with van der Waals surface area (Å²) in [4.78, 5) is 0. The standard InChI is InChI=1S/C11H20/c1-9-6-7-10-4-2-3-5-11(10)8-9/h9-11H,2-8H2,1H3/t9-,10+,11-/m0/s1. The number of hydrogen-bond acceptors (Lipinski definition) is 0. The molecule has 11 heavy (non-hydrogen) atoms. The van der Waals surface area contributed by atoms with Gasteiger partial charge in [-0.2, -0.15) is 0 Å². The van der Waals surface area contributed by atoms with Gasteiger partial charge in [0.05, 0.1) is 0 Å². The van der Waals surface area contributed by atoms with E-state index >= 15 is 0 Å². The average molecular weight is 152 g/mol. The molecule has 0 aromatic carbocycles. The first-order valence-electron chi connectivity index (χ1n) is 5.36. The Morgan fingerprint density at radius 3 is 2.36 bits per heavy atom. The Morgan fingerprint density at radius 1 is 0.818 bits per heavy atom.